The predicted molar refractivity (Wildman–Crippen MR) is 96.3 cm³/mol. The average molecular weight is 396 g/mol. The number of carbonyl (C=O) groups is 1. The number of thiazole rings is 1. The van der Waals surface area contributed by atoms with Crippen molar-refractivity contribution < 1.29 is 14.3 Å². The van der Waals surface area contributed by atoms with Crippen molar-refractivity contribution in [2.24, 2.45) is 0 Å². The number of aryl methyl sites for hydroxylation is 1. The molecule has 122 valence electrons. The summed E-state index contributed by atoms with van der Waals surface area (Å²) in [4.78, 5) is 16.9. The Morgan fingerprint density at radius 2 is 2.17 bits per heavy atom. The van der Waals surface area contributed by atoms with E-state index < -0.39 is 0 Å². The van der Waals surface area contributed by atoms with Crippen LogP contribution in [-0.2, 0) is 4.74 Å². The summed E-state index contributed by atoms with van der Waals surface area (Å²) in [5, 5.41) is 0.776. The fourth-order valence-electron chi connectivity index (χ4n) is 1.86. The standard InChI is InChI=1S/C17H18BrNO3S/c1-5-21-17(20)15-11(4)19-16(23-15)12-6-7-14(13(18)8-12)22-9-10(2)3/h6-8H,2,5,9H2,1,3-4H3. The molecule has 0 saturated carbocycles. The third-order valence-electron chi connectivity index (χ3n) is 2.91. The van der Waals surface area contributed by atoms with Gasteiger partial charge in [-0.2, -0.15) is 0 Å². The zero-order chi connectivity index (χ0) is 17.0. The summed E-state index contributed by atoms with van der Waals surface area (Å²) >= 11 is 4.84. The number of benzene rings is 1. The molecule has 2 aromatic rings. The average Bonchev–Trinajstić information content (AvgIpc) is 2.88. The second-order valence-corrected chi connectivity index (χ2v) is 6.90. The van der Waals surface area contributed by atoms with E-state index in [9.17, 15) is 4.79 Å². The number of ether oxygens (including phenoxy) is 2. The number of nitrogens with zero attached hydrogens (tertiary/aromatic N) is 1. The number of aromatic nitrogens is 1. The number of halogens is 1. The van der Waals surface area contributed by atoms with E-state index in [-0.39, 0.29) is 5.97 Å². The fourth-order valence-corrected chi connectivity index (χ4v) is 3.31. The predicted octanol–water partition coefficient (Wildman–Crippen LogP) is 5.01. The first kappa shape index (κ1) is 17.7. The molecule has 2 rings (SSSR count). The SMILES string of the molecule is C=C(C)COc1ccc(-c2nc(C)c(C(=O)OCC)s2)cc1Br. The summed E-state index contributed by atoms with van der Waals surface area (Å²) < 4.78 is 11.5. The van der Waals surface area contributed by atoms with Crippen LogP contribution in [0.25, 0.3) is 10.6 Å². The van der Waals surface area contributed by atoms with E-state index in [1.54, 1.807) is 6.92 Å². The van der Waals surface area contributed by atoms with Crippen molar-refractivity contribution in [3.05, 3.63) is 45.4 Å². The lowest BCUT2D eigenvalue weighted by atomic mass is 10.2. The first-order chi connectivity index (χ1) is 10.9. The summed E-state index contributed by atoms with van der Waals surface area (Å²) in [5.41, 5.74) is 2.56. The Morgan fingerprint density at radius 3 is 2.78 bits per heavy atom. The van der Waals surface area contributed by atoms with Gasteiger partial charge in [0, 0.05) is 5.56 Å². The highest BCUT2D eigenvalue weighted by Crippen LogP contribution is 2.34. The van der Waals surface area contributed by atoms with Crippen molar-refractivity contribution in [3.8, 4) is 16.3 Å². The first-order valence-electron chi connectivity index (χ1n) is 7.14. The molecule has 0 N–H and O–H groups in total. The van der Waals surface area contributed by atoms with Crippen LogP contribution >= 0.6 is 27.3 Å². The molecular formula is C17H18BrNO3S. The first-order valence-corrected chi connectivity index (χ1v) is 8.75. The number of hydrogen-bond donors (Lipinski definition) is 0. The number of carbonyl (C=O) groups excluding carboxylic acids is 1. The molecule has 4 nitrogen and oxygen atoms in total. The monoisotopic (exact) mass is 395 g/mol. The summed E-state index contributed by atoms with van der Waals surface area (Å²) in [6.07, 6.45) is 0. The summed E-state index contributed by atoms with van der Waals surface area (Å²) in [5.74, 6) is 0.421. The van der Waals surface area contributed by atoms with Gasteiger partial charge in [0.15, 0.2) is 0 Å². The van der Waals surface area contributed by atoms with Crippen molar-refractivity contribution in [3.63, 3.8) is 0 Å². The third kappa shape index (κ3) is 4.42. The minimum absolute atomic E-state index is 0.325. The van der Waals surface area contributed by atoms with Gasteiger partial charge in [-0.1, -0.05) is 6.58 Å². The lowest BCUT2D eigenvalue weighted by molar-refractivity contribution is 0.0531. The van der Waals surface area contributed by atoms with Gasteiger partial charge in [-0.05, 0) is 60.5 Å². The molecule has 1 aromatic carbocycles. The molecule has 0 aliphatic carbocycles. The van der Waals surface area contributed by atoms with Crippen LogP contribution in [0.3, 0.4) is 0 Å². The van der Waals surface area contributed by atoms with Crippen LogP contribution in [0.5, 0.6) is 5.75 Å². The smallest absolute Gasteiger partial charge is 0.350 e. The second-order valence-electron chi connectivity index (χ2n) is 5.05. The van der Waals surface area contributed by atoms with Gasteiger partial charge in [0.1, 0.15) is 22.2 Å². The fraction of sp³-hybridized carbons (Fsp3) is 0.294. The third-order valence-corrected chi connectivity index (χ3v) is 4.72. The number of hydrogen-bond acceptors (Lipinski definition) is 5. The molecule has 0 atom stereocenters. The molecule has 6 heteroatoms. The highest BCUT2D eigenvalue weighted by molar-refractivity contribution is 9.10. The van der Waals surface area contributed by atoms with E-state index in [1.165, 1.54) is 11.3 Å². The maximum Gasteiger partial charge on any atom is 0.350 e. The maximum atomic E-state index is 11.9. The Bertz CT molecular complexity index is 739. The van der Waals surface area contributed by atoms with Crippen molar-refractivity contribution in [2.45, 2.75) is 20.8 Å². The largest absolute Gasteiger partial charge is 0.488 e. The molecule has 0 radical (unpaired) electrons. The van der Waals surface area contributed by atoms with Gasteiger partial charge in [-0.15, -0.1) is 11.3 Å². The van der Waals surface area contributed by atoms with Gasteiger partial charge in [-0.25, -0.2) is 9.78 Å². The van der Waals surface area contributed by atoms with E-state index in [1.807, 2.05) is 32.0 Å². The van der Waals surface area contributed by atoms with E-state index in [0.29, 0.717) is 23.8 Å². The lowest BCUT2D eigenvalue weighted by Gasteiger charge is -2.08. The second kappa shape index (κ2) is 7.75. The van der Waals surface area contributed by atoms with Crippen LogP contribution < -0.4 is 4.74 Å². The Balaban J connectivity index is 2.25. The van der Waals surface area contributed by atoms with Crippen molar-refractivity contribution >= 4 is 33.2 Å². The van der Waals surface area contributed by atoms with E-state index in [0.717, 1.165) is 26.4 Å². The molecule has 0 bridgehead atoms. The summed E-state index contributed by atoms with van der Waals surface area (Å²) in [6, 6.07) is 5.73. The normalized spacial score (nSPS) is 10.4. The summed E-state index contributed by atoms with van der Waals surface area (Å²) in [6.45, 7) is 10.2. The Hall–Kier alpha value is -1.66. The van der Waals surface area contributed by atoms with Gasteiger partial charge in [-0.3, -0.25) is 0 Å². The molecule has 0 unspecified atom stereocenters. The summed E-state index contributed by atoms with van der Waals surface area (Å²) in [7, 11) is 0. The molecule has 23 heavy (non-hydrogen) atoms. The minimum Gasteiger partial charge on any atom is -0.488 e. The van der Waals surface area contributed by atoms with Crippen LogP contribution in [0.1, 0.15) is 29.2 Å². The Labute approximate surface area is 148 Å². The molecule has 1 heterocycles. The molecule has 0 saturated heterocycles. The van der Waals surface area contributed by atoms with Gasteiger partial charge < -0.3 is 9.47 Å². The molecule has 0 aliphatic rings. The number of esters is 1. The maximum absolute atomic E-state index is 11.9. The Morgan fingerprint density at radius 1 is 1.43 bits per heavy atom. The highest BCUT2D eigenvalue weighted by atomic mass is 79.9. The van der Waals surface area contributed by atoms with E-state index in [4.69, 9.17) is 9.47 Å². The van der Waals surface area contributed by atoms with Crippen molar-refractivity contribution in [1.29, 1.82) is 0 Å². The lowest BCUT2D eigenvalue weighted by Crippen LogP contribution is -2.03. The number of rotatable bonds is 6. The topological polar surface area (TPSA) is 48.4 Å². The molecular weight excluding hydrogens is 378 g/mol. The Kier molecular flexibility index (Phi) is 5.96. The van der Waals surface area contributed by atoms with E-state index >= 15 is 0 Å². The van der Waals surface area contributed by atoms with Crippen LogP contribution in [0, 0.1) is 6.92 Å². The van der Waals surface area contributed by atoms with Crippen LogP contribution in [0.4, 0.5) is 0 Å². The molecule has 0 spiro atoms. The van der Waals surface area contributed by atoms with Gasteiger partial charge in [0.2, 0.25) is 0 Å². The van der Waals surface area contributed by atoms with Gasteiger partial charge in [0.05, 0.1) is 16.8 Å². The van der Waals surface area contributed by atoms with Crippen LogP contribution in [-0.4, -0.2) is 24.2 Å². The van der Waals surface area contributed by atoms with Crippen molar-refractivity contribution in [1.82, 2.24) is 4.98 Å². The van der Waals surface area contributed by atoms with Crippen LogP contribution in [0.15, 0.2) is 34.8 Å². The van der Waals surface area contributed by atoms with E-state index in [2.05, 4.69) is 27.5 Å². The molecule has 0 amide bonds. The van der Waals surface area contributed by atoms with Gasteiger partial charge in [0.25, 0.3) is 0 Å². The quantitative estimate of drug-likeness (QED) is 0.509. The minimum atomic E-state index is -0.325. The van der Waals surface area contributed by atoms with Crippen molar-refractivity contribution in [2.75, 3.05) is 13.2 Å². The zero-order valence-electron chi connectivity index (χ0n) is 13.3. The molecule has 0 fully saturated rings. The molecule has 0 aliphatic heterocycles. The highest BCUT2D eigenvalue weighted by Gasteiger charge is 2.17. The zero-order valence-corrected chi connectivity index (χ0v) is 15.7. The molecule has 1 aromatic heterocycles. The van der Waals surface area contributed by atoms with Crippen LogP contribution in [0.2, 0.25) is 0 Å². The van der Waals surface area contributed by atoms with Gasteiger partial charge >= 0.3 is 5.97 Å².